The van der Waals surface area contributed by atoms with E-state index in [1.54, 1.807) is 0 Å². The third kappa shape index (κ3) is 6.49. The van der Waals surface area contributed by atoms with Gasteiger partial charge in [-0.2, -0.15) is 0 Å². The van der Waals surface area contributed by atoms with Crippen LogP contribution in [0, 0.1) is 0 Å². The molecule has 1 fully saturated rings. The molecule has 1 aliphatic rings. The van der Waals surface area contributed by atoms with E-state index in [-0.39, 0.29) is 0 Å². The maximum Gasteiger partial charge on any atom is 0.0107 e. The first-order valence-electron chi connectivity index (χ1n) is 7.28. The quantitative estimate of drug-likeness (QED) is 0.608. The summed E-state index contributed by atoms with van der Waals surface area (Å²) in [6.45, 7) is 9.68. The van der Waals surface area contributed by atoms with Crippen LogP contribution in [0.2, 0.25) is 0 Å². The maximum absolute atomic E-state index is 3.64. The van der Waals surface area contributed by atoms with Gasteiger partial charge in [-0.25, -0.2) is 0 Å². The van der Waals surface area contributed by atoms with Crippen molar-refractivity contribution in [2.24, 2.45) is 0 Å². The molecule has 0 radical (unpaired) electrons. The highest BCUT2D eigenvalue weighted by atomic mass is 15.1. The summed E-state index contributed by atoms with van der Waals surface area (Å²) in [6, 6.07) is 0.708. The maximum atomic E-state index is 3.64. The first-order chi connectivity index (χ1) is 7.83. The Hall–Kier alpha value is -0.0800. The van der Waals surface area contributed by atoms with Gasteiger partial charge in [0, 0.05) is 19.1 Å². The van der Waals surface area contributed by atoms with Gasteiger partial charge in [0.25, 0.3) is 0 Å². The average molecular weight is 226 g/mol. The van der Waals surface area contributed by atoms with Gasteiger partial charge in [0.05, 0.1) is 0 Å². The Balaban J connectivity index is 1.87. The highest BCUT2D eigenvalue weighted by Gasteiger charge is 2.10. The lowest BCUT2D eigenvalue weighted by atomic mass is 10.1. The normalized spacial score (nSPS) is 19.1. The summed E-state index contributed by atoms with van der Waals surface area (Å²) < 4.78 is 0. The molecule has 0 amide bonds. The zero-order valence-corrected chi connectivity index (χ0v) is 11.3. The number of unbranched alkanes of at least 4 members (excludes halogenated alkanes) is 3. The molecule has 1 unspecified atom stereocenters. The highest BCUT2D eigenvalue weighted by molar-refractivity contribution is 4.68. The van der Waals surface area contributed by atoms with Crippen molar-refractivity contribution < 1.29 is 0 Å². The van der Waals surface area contributed by atoms with Crippen molar-refractivity contribution >= 4 is 0 Å². The molecule has 1 atom stereocenters. The lowest BCUT2D eigenvalue weighted by molar-refractivity contribution is 0.326. The average Bonchev–Trinajstić information content (AvgIpc) is 2.77. The van der Waals surface area contributed by atoms with Crippen molar-refractivity contribution in [1.82, 2.24) is 10.2 Å². The van der Waals surface area contributed by atoms with Crippen molar-refractivity contribution in [2.75, 3.05) is 26.2 Å². The van der Waals surface area contributed by atoms with Crippen LogP contribution in [-0.2, 0) is 0 Å². The molecule has 2 heteroatoms. The number of hydrogen-bond donors (Lipinski definition) is 1. The molecule has 0 bridgehead atoms. The largest absolute Gasteiger partial charge is 0.313 e. The van der Waals surface area contributed by atoms with Crippen LogP contribution in [-0.4, -0.2) is 37.1 Å². The molecule has 0 aliphatic carbocycles. The van der Waals surface area contributed by atoms with Gasteiger partial charge < -0.3 is 10.2 Å². The first kappa shape index (κ1) is 14.0. The fourth-order valence-corrected chi connectivity index (χ4v) is 2.45. The molecule has 1 N–H and O–H groups in total. The van der Waals surface area contributed by atoms with E-state index in [0.717, 1.165) is 0 Å². The van der Waals surface area contributed by atoms with Gasteiger partial charge in [0.15, 0.2) is 0 Å². The molecule has 0 aromatic heterocycles. The number of likely N-dealkylation sites (tertiary alicyclic amines) is 1. The predicted octanol–water partition coefficient (Wildman–Crippen LogP) is 3.03. The monoisotopic (exact) mass is 226 g/mol. The second kappa shape index (κ2) is 9.00. The Morgan fingerprint density at radius 1 is 1.12 bits per heavy atom. The Morgan fingerprint density at radius 2 is 1.88 bits per heavy atom. The lowest BCUT2D eigenvalue weighted by Crippen LogP contribution is -2.34. The van der Waals surface area contributed by atoms with Crippen LogP contribution in [0.4, 0.5) is 0 Å². The fourth-order valence-electron chi connectivity index (χ4n) is 2.45. The van der Waals surface area contributed by atoms with E-state index in [1.165, 1.54) is 71.1 Å². The van der Waals surface area contributed by atoms with Crippen LogP contribution in [0.1, 0.15) is 58.8 Å². The van der Waals surface area contributed by atoms with Gasteiger partial charge in [0.1, 0.15) is 0 Å². The predicted molar refractivity (Wildman–Crippen MR) is 71.9 cm³/mol. The number of nitrogens with one attached hydrogen (secondary N) is 1. The van der Waals surface area contributed by atoms with Gasteiger partial charge >= 0.3 is 0 Å². The molecule has 0 spiro atoms. The number of nitrogens with zero attached hydrogens (tertiary/aromatic N) is 1. The Morgan fingerprint density at radius 3 is 2.56 bits per heavy atom. The summed E-state index contributed by atoms with van der Waals surface area (Å²) in [4.78, 5) is 2.58. The van der Waals surface area contributed by atoms with Crippen LogP contribution in [0.15, 0.2) is 0 Å². The van der Waals surface area contributed by atoms with Gasteiger partial charge in [-0.3, -0.25) is 0 Å². The van der Waals surface area contributed by atoms with Crippen molar-refractivity contribution in [2.45, 2.75) is 64.8 Å². The van der Waals surface area contributed by atoms with E-state index in [9.17, 15) is 0 Å². The summed E-state index contributed by atoms with van der Waals surface area (Å²) in [5.74, 6) is 0. The van der Waals surface area contributed by atoms with E-state index >= 15 is 0 Å². The third-order valence-corrected chi connectivity index (χ3v) is 3.61. The van der Waals surface area contributed by atoms with Crippen LogP contribution < -0.4 is 5.32 Å². The van der Waals surface area contributed by atoms with Crippen LogP contribution in [0.25, 0.3) is 0 Å². The molecular formula is C14H30N2. The molecule has 96 valence electrons. The van der Waals surface area contributed by atoms with Crippen molar-refractivity contribution in [1.29, 1.82) is 0 Å². The molecule has 0 aromatic rings. The molecular weight excluding hydrogens is 196 g/mol. The summed E-state index contributed by atoms with van der Waals surface area (Å²) in [5, 5.41) is 3.64. The molecule has 2 nitrogen and oxygen atoms in total. The SMILES string of the molecule is CCCCCCC(C)NCCN1CCCC1. The van der Waals surface area contributed by atoms with E-state index in [2.05, 4.69) is 24.1 Å². The summed E-state index contributed by atoms with van der Waals surface area (Å²) >= 11 is 0. The van der Waals surface area contributed by atoms with Crippen LogP contribution in [0.5, 0.6) is 0 Å². The molecule has 1 heterocycles. The van der Waals surface area contributed by atoms with E-state index in [1.807, 2.05) is 0 Å². The molecule has 0 aromatic carbocycles. The van der Waals surface area contributed by atoms with Crippen LogP contribution >= 0.6 is 0 Å². The molecule has 0 saturated carbocycles. The second-order valence-corrected chi connectivity index (χ2v) is 5.25. The minimum Gasteiger partial charge on any atom is -0.313 e. The second-order valence-electron chi connectivity index (χ2n) is 5.25. The van der Waals surface area contributed by atoms with Gasteiger partial charge in [-0.05, 0) is 39.3 Å². The van der Waals surface area contributed by atoms with Crippen molar-refractivity contribution in [3.05, 3.63) is 0 Å². The zero-order chi connectivity index (χ0) is 11.6. The van der Waals surface area contributed by atoms with Crippen molar-refractivity contribution in [3.8, 4) is 0 Å². The lowest BCUT2D eigenvalue weighted by Gasteiger charge is -2.18. The topological polar surface area (TPSA) is 15.3 Å². The molecule has 1 saturated heterocycles. The highest BCUT2D eigenvalue weighted by Crippen LogP contribution is 2.07. The summed E-state index contributed by atoms with van der Waals surface area (Å²) in [5.41, 5.74) is 0. The Bertz CT molecular complexity index is 153. The van der Waals surface area contributed by atoms with E-state index < -0.39 is 0 Å². The number of rotatable bonds is 9. The standard InChI is InChI=1S/C14H30N2/c1-3-4-5-6-9-14(2)15-10-13-16-11-7-8-12-16/h14-15H,3-13H2,1-2H3. The van der Waals surface area contributed by atoms with E-state index in [4.69, 9.17) is 0 Å². The smallest absolute Gasteiger partial charge is 0.0107 e. The van der Waals surface area contributed by atoms with Gasteiger partial charge in [-0.1, -0.05) is 32.6 Å². The zero-order valence-electron chi connectivity index (χ0n) is 11.3. The van der Waals surface area contributed by atoms with Gasteiger partial charge in [-0.15, -0.1) is 0 Å². The summed E-state index contributed by atoms with van der Waals surface area (Å²) in [6.07, 6.45) is 9.72. The van der Waals surface area contributed by atoms with Crippen LogP contribution in [0.3, 0.4) is 0 Å². The first-order valence-corrected chi connectivity index (χ1v) is 7.28. The molecule has 1 aliphatic heterocycles. The minimum atomic E-state index is 0.708. The Labute approximate surface area is 102 Å². The summed E-state index contributed by atoms with van der Waals surface area (Å²) in [7, 11) is 0. The molecule has 16 heavy (non-hydrogen) atoms. The van der Waals surface area contributed by atoms with Crippen molar-refractivity contribution in [3.63, 3.8) is 0 Å². The van der Waals surface area contributed by atoms with Gasteiger partial charge in [0.2, 0.25) is 0 Å². The number of hydrogen-bond acceptors (Lipinski definition) is 2. The Kier molecular flexibility index (Phi) is 7.87. The minimum absolute atomic E-state index is 0.708. The third-order valence-electron chi connectivity index (χ3n) is 3.61. The molecule has 1 rings (SSSR count). The van der Waals surface area contributed by atoms with E-state index in [0.29, 0.717) is 6.04 Å². The fraction of sp³-hybridized carbons (Fsp3) is 1.00.